The molecule has 1 aliphatic heterocycles. The predicted molar refractivity (Wildman–Crippen MR) is 116 cm³/mol. The van der Waals surface area contributed by atoms with Gasteiger partial charge in [0.05, 0.1) is 24.8 Å². The van der Waals surface area contributed by atoms with E-state index in [9.17, 15) is 22.8 Å². The van der Waals surface area contributed by atoms with Crippen molar-refractivity contribution >= 4 is 22.6 Å². The van der Waals surface area contributed by atoms with Crippen LogP contribution in [0.1, 0.15) is 41.0 Å². The summed E-state index contributed by atoms with van der Waals surface area (Å²) >= 11 is 0. The number of fused-ring (bicyclic) bond motifs is 2. The fraction of sp³-hybridized carbons (Fsp3) is 0.333. The molecule has 1 aliphatic rings. The third-order valence-electron chi connectivity index (χ3n) is 5.67. The molecule has 1 amide bonds. The van der Waals surface area contributed by atoms with E-state index in [4.69, 9.17) is 9.47 Å². The molecule has 174 valence electrons. The number of halogens is 3. The van der Waals surface area contributed by atoms with Crippen LogP contribution in [0.3, 0.4) is 0 Å². The Hall–Kier alpha value is -3.49. The number of carbonyl (C=O) groups is 2. The number of aromatic nitrogens is 1. The van der Waals surface area contributed by atoms with E-state index < -0.39 is 23.4 Å². The number of ketones is 1. The summed E-state index contributed by atoms with van der Waals surface area (Å²) in [5, 5.41) is 3.03. The Balaban J connectivity index is 1.57. The van der Waals surface area contributed by atoms with Crippen molar-refractivity contribution in [3.8, 4) is 11.5 Å². The van der Waals surface area contributed by atoms with E-state index in [1.165, 1.54) is 17.6 Å². The lowest BCUT2D eigenvalue weighted by atomic mass is 10.1. The minimum absolute atomic E-state index is 0.0944. The molecule has 0 bridgehead atoms. The molecule has 0 fully saturated rings. The molecule has 9 heteroatoms. The van der Waals surface area contributed by atoms with Crippen molar-refractivity contribution in [3.05, 3.63) is 59.3 Å². The van der Waals surface area contributed by atoms with Gasteiger partial charge in [0.1, 0.15) is 6.54 Å². The predicted octanol–water partition coefficient (Wildman–Crippen LogP) is 4.73. The minimum atomic E-state index is -5.01. The number of amides is 1. The zero-order valence-electron chi connectivity index (χ0n) is 18.2. The normalized spacial score (nSPS) is 14.6. The van der Waals surface area contributed by atoms with Gasteiger partial charge in [-0.25, -0.2) is 0 Å². The van der Waals surface area contributed by atoms with Crippen LogP contribution in [-0.4, -0.2) is 35.6 Å². The van der Waals surface area contributed by atoms with Gasteiger partial charge in [0, 0.05) is 23.0 Å². The van der Waals surface area contributed by atoms with Crippen LogP contribution in [0.15, 0.2) is 42.5 Å². The molecule has 0 saturated heterocycles. The zero-order valence-corrected chi connectivity index (χ0v) is 18.2. The molecule has 0 unspecified atom stereocenters. The number of benzene rings is 2. The highest BCUT2D eigenvalue weighted by Gasteiger charge is 2.42. The summed E-state index contributed by atoms with van der Waals surface area (Å²) in [5.41, 5.74) is 0.856. The Bertz CT molecular complexity index is 1220. The van der Waals surface area contributed by atoms with Gasteiger partial charge in [0.15, 0.2) is 11.5 Å². The molecule has 0 saturated carbocycles. The summed E-state index contributed by atoms with van der Waals surface area (Å²) in [7, 11) is 0. The molecule has 1 N–H and O–H groups in total. The van der Waals surface area contributed by atoms with Crippen LogP contribution in [0.25, 0.3) is 10.9 Å². The SMILES string of the molecule is Cc1c(C(=O)C(F)(F)F)c2ccccc2n1CC(=O)N[C@H](C)c1ccc2c(c1)OCCCO2. The first-order chi connectivity index (χ1) is 15.7. The summed E-state index contributed by atoms with van der Waals surface area (Å²) in [4.78, 5) is 24.9. The van der Waals surface area contributed by atoms with Gasteiger partial charge >= 0.3 is 6.18 Å². The molecule has 2 aromatic carbocycles. The van der Waals surface area contributed by atoms with Crippen molar-refractivity contribution in [1.29, 1.82) is 0 Å². The first-order valence-corrected chi connectivity index (χ1v) is 10.5. The van der Waals surface area contributed by atoms with Crippen molar-refractivity contribution < 1.29 is 32.2 Å². The highest BCUT2D eigenvalue weighted by atomic mass is 19.4. The van der Waals surface area contributed by atoms with Crippen molar-refractivity contribution in [2.45, 2.75) is 39.0 Å². The summed E-state index contributed by atoms with van der Waals surface area (Å²) in [6, 6.07) is 11.3. The number of nitrogens with one attached hydrogen (secondary N) is 1. The fourth-order valence-electron chi connectivity index (χ4n) is 4.03. The number of ether oxygens (including phenoxy) is 2. The molecule has 33 heavy (non-hydrogen) atoms. The van der Waals surface area contributed by atoms with Crippen LogP contribution in [0.2, 0.25) is 0 Å². The topological polar surface area (TPSA) is 69.6 Å². The zero-order chi connectivity index (χ0) is 23.8. The maximum absolute atomic E-state index is 13.2. The number of Topliss-reactive ketones (excluding diaryl/α,β-unsaturated/α-hetero) is 1. The highest BCUT2D eigenvalue weighted by molar-refractivity contribution is 6.12. The number of alkyl halides is 3. The maximum atomic E-state index is 13.2. The third-order valence-corrected chi connectivity index (χ3v) is 5.67. The van der Waals surface area contributed by atoms with E-state index in [0.29, 0.717) is 30.2 Å². The van der Waals surface area contributed by atoms with Crippen LogP contribution in [-0.2, 0) is 11.3 Å². The number of rotatable bonds is 5. The Morgan fingerprint density at radius 1 is 1.09 bits per heavy atom. The fourth-order valence-corrected chi connectivity index (χ4v) is 4.03. The summed E-state index contributed by atoms with van der Waals surface area (Å²) in [6.45, 7) is 4.10. The van der Waals surface area contributed by atoms with Gasteiger partial charge in [0.2, 0.25) is 5.91 Å². The van der Waals surface area contributed by atoms with Gasteiger partial charge in [0.25, 0.3) is 5.78 Å². The van der Waals surface area contributed by atoms with Crippen LogP contribution < -0.4 is 14.8 Å². The summed E-state index contributed by atoms with van der Waals surface area (Å²) < 4.78 is 52.2. The van der Waals surface area contributed by atoms with Crippen LogP contribution in [0, 0.1) is 6.92 Å². The molecule has 1 aromatic heterocycles. The Labute approximate surface area is 188 Å². The standard InChI is InChI=1S/C24H23F3N2O4/c1-14(16-8-9-19-20(12-16)33-11-5-10-32-19)28-21(30)13-29-15(2)22(23(31)24(25,26)27)17-6-3-4-7-18(17)29/h3-4,6-9,12,14H,5,10-11,13H2,1-2H3,(H,28,30)/t14-/m1/s1. The number of hydrogen-bond donors (Lipinski definition) is 1. The molecule has 0 spiro atoms. The first kappa shape index (κ1) is 22.7. The van der Waals surface area contributed by atoms with Gasteiger partial charge in [-0.3, -0.25) is 9.59 Å². The third kappa shape index (κ3) is 4.53. The lowest BCUT2D eigenvalue weighted by molar-refractivity contribution is -0.122. The van der Waals surface area contributed by atoms with E-state index >= 15 is 0 Å². The van der Waals surface area contributed by atoms with Gasteiger partial charge in [-0.2, -0.15) is 13.2 Å². The van der Waals surface area contributed by atoms with Crippen molar-refractivity contribution in [3.63, 3.8) is 0 Å². The molecule has 4 rings (SSSR count). The smallest absolute Gasteiger partial charge is 0.454 e. The molecule has 6 nitrogen and oxygen atoms in total. The quantitative estimate of drug-likeness (QED) is 0.559. The molecular weight excluding hydrogens is 437 g/mol. The second-order valence-electron chi connectivity index (χ2n) is 7.94. The van der Waals surface area contributed by atoms with Crippen LogP contribution in [0.4, 0.5) is 13.2 Å². The van der Waals surface area contributed by atoms with Gasteiger partial charge in [-0.15, -0.1) is 0 Å². The average Bonchev–Trinajstić information content (AvgIpc) is 2.91. The summed E-state index contributed by atoms with van der Waals surface area (Å²) in [6.07, 6.45) is -4.23. The minimum Gasteiger partial charge on any atom is -0.490 e. The first-order valence-electron chi connectivity index (χ1n) is 10.5. The number of carbonyl (C=O) groups excluding carboxylic acids is 2. The second-order valence-corrected chi connectivity index (χ2v) is 7.94. The Morgan fingerprint density at radius 2 is 1.79 bits per heavy atom. The molecule has 1 atom stereocenters. The van der Waals surface area contributed by atoms with E-state index in [1.807, 2.05) is 12.1 Å². The van der Waals surface area contributed by atoms with E-state index in [-0.39, 0.29) is 23.7 Å². The number of hydrogen-bond acceptors (Lipinski definition) is 4. The average molecular weight is 460 g/mol. The number of para-hydroxylation sites is 1. The van der Waals surface area contributed by atoms with Gasteiger partial charge in [-0.05, 0) is 37.6 Å². The van der Waals surface area contributed by atoms with E-state index in [0.717, 1.165) is 12.0 Å². The Morgan fingerprint density at radius 3 is 2.52 bits per heavy atom. The van der Waals surface area contributed by atoms with Crippen LogP contribution >= 0.6 is 0 Å². The molecular formula is C24H23F3N2O4. The lowest BCUT2D eigenvalue weighted by Gasteiger charge is -2.17. The second kappa shape index (κ2) is 8.80. The molecule has 3 aromatic rings. The van der Waals surface area contributed by atoms with Gasteiger partial charge in [-0.1, -0.05) is 24.3 Å². The Kier molecular flexibility index (Phi) is 6.05. The monoisotopic (exact) mass is 460 g/mol. The molecule has 0 aliphatic carbocycles. The number of nitrogens with zero attached hydrogens (tertiary/aromatic N) is 1. The van der Waals surface area contributed by atoms with Gasteiger partial charge < -0.3 is 19.4 Å². The van der Waals surface area contributed by atoms with Crippen molar-refractivity contribution in [2.24, 2.45) is 0 Å². The molecule has 2 heterocycles. The van der Waals surface area contributed by atoms with E-state index in [1.54, 1.807) is 31.2 Å². The largest absolute Gasteiger partial charge is 0.490 e. The lowest BCUT2D eigenvalue weighted by Crippen LogP contribution is -2.30. The summed E-state index contributed by atoms with van der Waals surface area (Å²) in [5.74, 6) is -1.07. The molecule has 0 radical (unpaired) electrons. The van der Waals surface area contributed by atoms with Crippen molar-refractivity contribution in [2.75, 3.05) is 13.2 Å². The van der Waals surface area contributed by atoms with Crippen LogP contribution in [0.5, 0.6) is 11.5 Å². The van der Waals surface area contributed by atoms with E-state index in [2.05, 4.69) is 5.32 Å². The maximum Gasteiger partial charge on any atom is 0.454 e. The highest BCUT2D eigenvalue weighted by Crippen LogP contribution is 2.33. The van der Waals surface area contributed by atoms with Crippen molar-refractivity contribution in [1.82, 2.24) is 9.88 Å².